The Balaban J connectivity index is 0.000000360. The van der Waals surface area contributed by atoms with E-state index in [0.717, 1.165) is 25.1 Å². The van der Waals surface area contributed by atoms with E-state index in [2.05, 4.69) is 0 Å². The topological polar surface area (TPSA) is 9.23 Å². The van der Waals surface area contributed by atoms with Crippen LogP contribution in [-0.4, -0.2) is 7.11 Å². The zero-order chi connectivity index (χ0) is 24.1. The van der Waals surface area contributed by atoms with Crippen LogP contribution >= 0.6 is 64.7 Å². The molecule has 0 bridgehead atoms. The molecule has 0 fully saturated rings. The molecule has 0 aliphatic heterocycles. The maximum atomic E-state index is 9.87. The molecule has 32 heavy (non-hydrogen) atoms. The molecule has 3 aromatic carbocycles. The van der Waals surface area contributed by atoms with E-state index in [0.29, 0.717) is 25.8 Å². The fourth-order valence-electron chi connectivity index (χ4n) is 2.97. The van der Waals surface area contributed by atoms with Crippen molar-refractivity contribution in [3.63, 3.8) is 0 Å². The molecule has 13 heteroatoms. The van der Waals surface area contributed by atoms with Gasteiger partial charge in [0.05, 0.1) is 7.11 Å². The minimum absolute atomic E-state index is 0.427. The molecule has 0 N–H and O–H groups in total. The van der Waals surface area contributed by atoms with Gasteiger partial charge in [-0.05, 0) is 24.3 Å². The van der Waals surface area contributed by atoms with Gasteiger partial charge in [-0.1, -0.05) is 46.4 Å². The molecule has 0 unspecified atom stereocenters. The van der Waals surface area contributed by atoms with E-state index in [-0.39, 0.29) is 0 Å². The molecule has 1 aromatic heterocycles. The monoisotopic (exact) mass is 572 g/mol. The van der Waals surface area contributed by atoms with Crippen LogP contribution < -0.4 is 4.74 Å². The fourth-order valence-corrected chi connectivity index (χ4v) is 6.61. The van der Waals surface area contributed by atoms with E-state index in [1.807, 2.05) is 36.4 Å². The first kappa shape index (κ1) is 25.5. The number of benzene rings is 3. The van der Waals surface area contributed by atoms with Gasteiger partial charge in [0.1, 0.15) is 15.8 Å². The van der Waals surface area contributed by atoms with Gasteiger partial charge < -0.3 is 4.74 Å². The third kappa shape index (κ3) is 6.46. The fraction of sp³-hybridized carbons (Fsp3) is 0.0526. The SMILES string of the molecule is COc1cc(Cl)c(-[s+]2c3ccc(Cl)cc3c3cc(Cl)ccc32)c(Cl)c1.F[P-](F)(F)(F)(F)F. The van der Waals surface area contributed by atoms with E-state index in [1.54, 1.807) is 19.2 Å². The van der Waals surface area contributed by atoms with Crippen molar-refractivity contribution < 1.29 is 29.9 Å². The predicted octanol–water partition coefficient (Wildman–Crippen LogP) is 11.7. The van der Waals surface area contributed by atoms with Gasteiger partial charge >= 0.3 is 33.0 Å². The molecule has 174 valence electrons. The molecule has 0 atom stereocenters. The molecule has 4 rings (SSSR count). The van der Waals surface area contributed by atoms with Crippen LogP contribution in [0.5, 0.6) is 5.75 Å². The van der Waals surface area contributed by atoms with Gasteiger partial charge in [0, 0.05) is 55.6 Å². The molecule has 0 saturated heterocycles. The second-order valence-corrected chi connectivity index (χ2v) is 12.0. The molecule has 1 nitrogen and oxygen atoms in total. The average molecular weight is 574 g/mol. The van der Waals surface area contributed by atoms with Crippen molar-refractivity contribution in [2.45, 2.75) is 0 Å². The zero-order valence-corrected chi connectivity index (χ0v) is 20.4. The summed E-state index contributed by atoms with van der Waals surface area (Å²) in [6, 6.07) is 15.4. The van der Waals surface area contributed by atoms with Crippen LogP contribution in [0.25, 0.3) is 25.1 Å². The molecule has 0 amide bonds. The van der Waals surface area contributed by atoms with Crippen molar-refractivity contribution >= 4 is 84.9 Å². The van der Waals surface area contributed by atoms with E-state index in [4.69, 9.17) is 51.1 Å². The first-order chi connectivity index (χ1) is 14.4. The van der Waals surface area contributed by atoms with Crippen molar-refractivity contribution in [1.29, 1.82) is 0 Å². The number of methoxy groups -OCH3 is 1. The Morgan fingerprint density at radius 3 is 1.41 bits per heavy atom. The minimum atomic E-state index is -10.7. The van der Waals surface area contributed by atoms with Crippen molar-refractivity contribution in [3.05, 3.63) is 68.6 Å². The predicted molar refractivity (Wildman–Crippen MR) is 125 cm³/mol. The Labute approximate surface area is 200 Å². The van der Waals surface area contributed by atoms with E-state index >= 15 is 0 Å². The zero-order valence-electron chi connectivity index (χ0n) is 15.7. The number of rotatable bonds is 2. The quantitative estimate of drug-likeness (QED) is 0.132. The van der Waals surface area contributed by atoms with Crippen LogP contribution in [0, 0.1) is 0 Å². The summed E-state index contributed by atoms with van der Waals surface area (Å²) >= 11 is 25.6. The molecule has 1 heterocycles. The van der Waals surface area contributed by atoms with Crippen molar-refractivity contribution in [1.82, 2.24) is 0 Å². The molecular formula is C19H11Cl4F6OPS. The number of fused-ring (bicyclic) bond motifs is 3. The first-order valence-electron chi connectivity index (χ1n) is 8.38. The van der Waals surface area contributed by atoms with Gasteiger partial charge in [0.25, 0.3) is 0 Å². The average Bonchev–Trinajstić information content (AvgIpc) is 2.91. The van der Waals surface area contributed by atoms with Crippen LogP contribution in [0.15, 0.2) is 48.5 Å². The normalized spacial score (nSPS) is 14.0. The van der Waals surface area contributed by atoms with Crippen LogP contribution in [0.4, 0.5) is 25.2 Å². The summed E-state index contributed by atoms with van der Waals surface area (Å²) in [5.74, 6) is 0.634. The Morgan fingerprint density at radius 1 is 0.688 bits per heavy atom. The Hall–Kier alpha value is -1.15. The maximum absolute atomic E-state index is 10.7. The standard InChI is InChI=1S/C19H11Cl4OS.F6P/c1-24-12-8-15(22)19(16(23)9-12)25-17-4-2-10(20)6-13(17)14-7-11(21)3-5-18(14)25;1-7(2,3,4,5)6/h2-9H,1H3;/q+1;-1. The molecule has 0 saturated carbocycles. The number of ether oxygens (including phenoxy) is 1. The van der Waals surface area contributed by atoms with E-state index < -0.39 is 18.3 Å². The number of thiophene rings is 1. The second kappa shape index (κ2) is 7.97. The van der Waals surface area contributed by atoms with Gasteiger partial charge in [-0.2, -0.15) is 0 Å². The van der Waals surface area contributed by atoms with E-state index in [9.17, 15) is 25.2 Å². The summed E-state index contributed by atoms with van der Waals surface area (Å²) < 4.78 is 66.7. The van der Waals surface area contributed by atoms with Crippen LogP contribution in [0.3, 0.4) is 0 Å². The Morgan fingerprint density at radius 2 is 1.06 bits per heavy atom. The number of hydrogen-bond donors (Lipinski definition) is 0. The summed E-state index contributed by atoms with van der Waals surface area (Å²) in [5.41, 5.74) is 0. The second-order valence-electron chi connectivity index (χ2n) is 6.47. The molecule has 4 aromatic rings. The van der Waals surface area contributed by atoms with Gasteiger partial charge in [-0.3, -0.25) is 0 Å². The van der Waals surface area contributed by atoms with Crippen molar-refractivity contribution in [2.24, 2.45) is 0 Å². The van der Waals surface area contributed by atoms with E-state index in [1.165, 1.54) is 0 Å². The molecule has 0 radical (unpaired) electrons. The summed E-state index contributed by atoms with van der Waals surface area (Å²) in [5, 5.41) is 4.66. The third-order valence-corrected chi connectivity index (χ3v) is 7.76. The van der Waals surface area contributed by atoms with Crippen LogP contribution in [-0.2, 0) is 0 Å². The number of halogens is 10. The van der Waals surface area contributed by atoms with Crippen LogP contribution in [0.2, 0.25) is 20.1 Å². The van der Waals surface area contributed by atoms with Gasteiger partial charge in [0.15, 0.2) is 9.40 Å². The summed E-state index contributed by atoms with van der Waals surface area (Å²) in [6.45, 7) is 0. The Bertz CT molecular complexity index is 1260. The van der Waals surface area contributed by atoms with Crippen LogP contribution in [0.1, 0.15) is 0 Å². The van der Waals surface area contributed by atoms with Crippen molar-refractivity contribution in [2.75, 3.05) is 7.11 Å². The number of hydrogen-bond acceptors (Lipinski definition) is 1. The molecule has 0 spiro atoms. The molecule has 0 aliphatic carbocycles. The molecule has 0 aliphatic rings. The Kier molecular flexibility index (Phi) is 6.34. The third-order valence-electron chi connectivity index (χ3n) is 4.02. The van der Waals surface area contributed by atoms with Crippen molar-refractivity contribution in [3.8, 4) is 10.6 Å². The summed E-state index contributed by atoms with van der Waals surface area (Å²) in [6.07, 6.45) is 0. The molecular weight excluding hydrogens is 563 g/mol. The summed E-state index contributed by atoms with van der Waals surface area (Å²) in [7, 11) is -9.49. The first-order valence-corrected chi connectivity index (χ1v) is 13.1. The van der Waals surface area contributed by atoms with Gasteiger partial charge in [0.2, 0.25) is 4.90 Å². The van der Waals surface area contributed by atoms with Gasteiger partial charge in [-0.15, -0.1) is 0 Å². The summed E-state index contributed by atoms with van der Waals surface area (Å²) in [4.78, 5) is 0.883. The van der Waals surface area contributed by atoms with Gasteiger partial charge in [-0.25, -0.2) is 0 Å².